The van der Waals surface area contributed by atoms with Gasteiger partial charge in [0.1, 0.15) is 11.6 Å². The minimum absolute atomic E-state index is 0.382. The molecule has 112 valence electrons. The van der Waals surface area contributed by atoms with Gasteiger partial charge in [0, 0.05) is 13.2 Å². The lowest BCUT2D eigenvalue weighted by molar-refractivity contribution is 0.102. The molecule has 0 bridgehead atoms. The maximum absolute atomic E-state index is 13.8. The summed E-state index contributed by atoms with van der Waals surface area (Å²) in [6.07, 6.45) is 3.01. The van der Waals surface area contributed by atoms with Gasteiger partial charge < -0.3 is 5.32 Å². The van der Waals surface area contributed by atoms with Crippen LogP contribution in [-0.4, -0.2) is 20.7 Å². The monoisotopic (exact) mass is 322 g/mol. The number of pyridine rings is 1. The van der Waals surface area contributed by atoms with Crippen LogP contribution in [0.4, 0.5) is 14.5 Å². The van der Waals surface area contributed by atoms with E-state index in [9.17, 15) is 13.6 Å². The SMILES string of the molecule is Cn1ncc2c(NC(=O)c3cc(F)c(Cl)cc3F)ccnc21. The Bertz CT molecular complexity index is 894. The number of nitrogens with zero attached hydrogens (tertiary/aromatic N) is 3. The Kier molecular flexibility index (Phi) is 3.50. The summed E-state index contributed by atoms with van der Waals surface area (Å²) in [6.45, 7) is 0. The number of anilines is 1. The van der Waals surface area contributed by atoms with Crippen LogP contribution in [0.5, 0.6) is 0 Å². The number of benzene rings is 1. The van der Waals surface area contributed by atoms with E-state index in [4.69, 9.17) is 11.6 Å². The molecule has 0 atom stereocenters. The van der Waals surface area contributed by atoms with Crippen molar-refractivity contribution in [3.63, 3.8) is 0 Å². The van der Waals surface area contributed by atoms with E-state index in [1.807, 2.05) is 0 Å². The van der Waals surface area contributed by atoms with Crippen molar-refractivity contribution in [2.24, 2.45) is 7.05 Å². The summed E-state index contributed by atoms with van der Waals surface area (Å²) in [5.74, 6) is -2.56. The molecule has 3 rings (SSSR count). The van der Waals surface area contributed by atoms with Gasteiger partial charge in [-0.1, -0.05) is 11.6 Å². The lowest BCUT2D eigenvalue weighted by Gasteiger charge is -2.08. The molecular weight excluding hydrogens is 314 g/mol. The van der Waals surface area contributed by atoms with Crippen LogP contribution in [0.3, 0.4) is 0 Å². The Labute approximate surface area is 128 Å². The first-order valence-corrected chi connectivity index (χ1v) is 6.58. The fourth-order valence-corrected chi connectivity index (χ4v) is 2.19. The summed E-state index contributed by atoms with van der Waals surface area (Å²) in [5.41, 5.74) is 0.522. The van der Waals surface area contributed by atoms with Crippen molar-refractivity contribution >= 4 is 34.2 Å². The van der Waals surface area contributed by atoms with Gasteiger partial charge in [-0.05, 0) is 18.2 Å². The van der Waals surface area contributed by atoms with E-state index < -0.39 is 23.1 Å². The largest absolute Gasteiger partial charge is 0.321 e. The van der Waals surface area contributed by atoms with E-state index in [1.54, 1.807) is 13.1 Å². The summed E-state index contributed by atoms with van der Waals surface area (Å²) < 4.78 is 28.7. The second kappa shape index (κ2) is 5.34. The number of nitrogens with one attached hydrogen (secondary N) is 1. The summed E-state index contributed by atoms with van der Waals surface area (Å²) in [7, 11) is 1.70. The van der Waals surface area contributed by atoms with Crippen LogP contribution in [-0.2, 0) is 7.05 Å². The van der Waals surface area contributed by atoms with E-state index in [-0.39, 0.29) is 5.02 Å². The normalized spacial score (nSPS) is 10.9. The molecule has 5 nitrogen and oxygen atoms in total. The third-order valence-corrected chi connectivity index (χ3v) is 3.43. The number of aromatic nitrogens is 3. The highest BCUT2D eigenvalue weighted by Gasteiger charge is 2.17. The van der Waals surface area contributed by atoms with Gasteiger partial charge in [0.15, 0.2) is 5.65 Å². The van der Waals surface area contributed by atoms with Gasteiger partial charge >= 0.3 is 0 Å². The first kappa shape index (κ1) is 14.4. The summed E-state index contributed by atoms with van der Waals surface area (Å²) in [5, 5.41) is 6.76. The number of aryl methyl sites for hydroxylation is 1. The van der Waals surface area contributed by atoms with Crippen molar-refractivity contribution in [3.8, 4) is 0 Å². The smallest absolute Gasteiger partial charge is 0.258 e. The first-order chi connectivity index (χ1) is 10.5. The Morgan fingerprint density at radius 1 is 1.32 bits per heavy atom. The van der Waals surface area contributed by atoms with Crippen LogP contribution < -0.4 is 5.32 Å². The predicted molar refractivity (Wildman–Crippen MR) is 77.8 cm³/mol. The standard InChI is InChI=1S/C14H9ClF2N4O/c1-21-13-8(6-19-21)12(2-3-18-13)20-14(22)7-4-11(17)9(15)5-10(7)16/h2-6H,1H3,(H,18,20,22). The maximum atomic E-state index is 13.8. The molecule has 0 fully saturated rings. The molecule has 2 heterocycles. The van der Waals surface area contributed by atoms with Crippen molar-refractivity contribution < 1.29 is 13.6 Å². The summed E-state index contributed by atoms with van der Waals surface area (Å²) in [4.78, 5) is 16.3. The molecular formula is C14H9ClF2N4O. The first-order valence-electron chi connectivity index (χ1n) is 6.20. The van der Waals surface area contributed by atoms with Crippen molar-refractivity contribution in [2.75, 3.05) is 5.32 Å². The van der Waals surface area contributed by atoms with E-state index in [0.717, 1.165) is 12.1 Å². The molecule has 1 amide bonds. The second-order valence-corrected chi connectivity index (χ2v) is 4.97. The van der Waals surface area contributed by atoms with Crippen LogP contribution in [0, 0.1) is 11.6 Å². The molecule has 8 heteroatoms. The maximum Gasteiger partial charge on any atom is 0.258 e. The number of hydrogen-bond acceptors (Lipinski definition) is 3. The highest BCUT2D eigenvalue weighted by atomic mass is 35.5. The summed E-state index contributed by atoms with van der Waals surface area (Å²) in [6, 6.07) is 3.07. The van der Waals surface area contributed by atoms with Crippen molar-refractivity contribution in [1.82, 2.24) is 14.8 Å². The van der Waals surface area contributed by atoms with Crippen molar-refractivity contribution in [2.45, 2.75) is 0 Å². The zero-order valence-electron chi connectivity index (χ0n) is 11.3. The highest BCUT2D eigenvalue weighted by Crippen LogP contribution is 2.23. The molecule has 0 aliphatic rings. The number of rotatable bonds is 2. The van der Waals surface area contributed by atoms with Gasteiger partial charge in [0.05, 0.1) is 27.9 Å². The van der Waals surface area contributed by atoms with Crippen molar-refractivity contribution in [3.05, 3.63) is 52.8 Å². The van der Waals surface area contributed by atoms with E-state index >= 15 is 0 Å². The molecule has 0 spiro atoms. The molecule has 0 saturated heterocycles. The van der Waals surface area contributed by atoms with Crippen LogP contribution in [0.25, 0.3) is 11.0 Å². The Morgan fingerprint density at radius 3 is 2.86 bits per heavy atom. The van der Waals surface area contributed by atoms with Crippen LogP contribution in [0.15, 0.2) is 30.6 Å². The van der Waals surface area contributed by atoms with Gasteiger partial charge in [-0.2, -0.15) is 5.10 Å². The minimum Gasteiger partial charge on any atom is -0.321 e. The molecule has 0 saturated carbocycles. The number of carbonyl (C=O) groups is 1. The Morgan fingerprint density at radius 2 is 2.09 bits per heavy atom. The van der Waals surface area contributed by atoms with Gasteiger partial charge in [0.25, 0.3) is 5.91 Å². The zero-order chi connectivity index (χ0) is 15.9. The topological polar surface area (TPSA) is 59.8 Å². The fourth-order valence-electron chi connectivity index (χ4n) is 2.04. The molecule has 3 aromatic rings. The van der Waals surface area contributed by atoms with E-state index in [1.165, 1.54) is 17.1 Å². The lowest BCUT2D eigenvalue weighted by Crippen LogP contribution is -2.14. The molecule has 0 aliphatic carbocycles. The quantitative estimate of drug-likeness (QED) is 0.737. The average molecular weight is 323 g/mol. The summed E-state index contributed by atoms with van der Waals surface area (Å²) >= 11 is 5.47. The number of fused-ring (bicyclic) bond motifs is 1. The van der Waals surface area contributed by atoms with Gasteiger partial charge in [-0.15, -0.1) is 0 Å². The molecule has 1 aromatic carbocycles. The van der Waals surface area contributed by atoms with Gasteiger partial charge in [-0.25, -0.2) is 13.8 Å². The second-order valence-electron chi connectivity index (χ2n) is 4.56. The number of halogens is 3. The zero-order valence-corrected chi connectivity index (χ0v) is 12.0. The van der Waals surface area contributed by atoms with Crippen LogP contribution >= 0.6 is 11.6 Å². The molecule has 2 aromatic heterocycles. The Hall–Kier alpha value is -2.54. The van der Waals surface area contributed by atoms with E-state index in [0.29, 0.717) is 16.7 Å². The third kappa shape index (κ3) is 2.39. The minimum atomic E-state index is -0.902. The number of hydrogen-bond donors (Lipinski definition) is 1. The van der Waals surface area contributed by atoms with E-state index in [2.05, 4.69) is 15.4 Å². The van der Waals surface area contributed by atoms with Gasteiger partial charge in [0.2, 0.25) is 0 Å². The van der Waals surface area contributed by atoms with Crippen molar-refractivity contribution in [1.29, 1.82) is 0 Å². The lowest BCUT2D eigenvalue weighted by atomic mass is 10.2. The number of amides is 1. The number of carbonyl (C=O) groups excluding carboxylic acids is 1. The fraction of sp³-hybridized carbons (Fsp3) is 0.0714. The molecule has 0 radical (unpaired) electrons. The molecule has 22 heavy (non-hydrogen) atoms. The third-order valence-electron chi connectivity index (χ3n) is 3.14. The van der Waals surface area contributed by atoms with Crippen LogP contribution in [0.2, 0.25) is 5.02 Å². The molecule has 0 unspecified atom stereocenters. The average Bonchev–Trinajstić information content (AvgIpc) is 2.86. The predicted octanol–water partition coefficient (Wildman–Crippen LogP) is 3.15. The highest BCUT2D eigenvalue weighted by molar-refractivity contribution is 6.30. The molecule has 1 N–H and O–H groups in total. The van der Waals surface area contributed by atoms with Gasteiger partial charge in [-0.3, -0.25) is 9.48 Å². The Balaban J connectivity index is 1.99. The van der Waals surface area contributed by atoms with Crippen LogP contribution in [0.1, 0.15) is 10.4 Å². The molecule has 0 aliphatic heterocycles.